The fraction of sp³-hybridized carbons (Fsp3) is 0.318. The summed E-state index contributed by atoms with van der Waals surface area (Å²) in [6.45, 7) is -0.590. The minimum atomic E-state index is -1.89. The van der Waals surface area contributed by atoms with Crippen LogP contribution in [0.3, 0.4) is 0 Å². The topological polar surface area (TPSA) is 188 Å². The molecule has 1 aromatic heterocycles. The van der Waals surface area contributed by atoms with Gasteiger partial charge in [-0.3, -0.25) is 9.78 Å². The number of benzene rings is 1. The highest BCUT2D eigenvalue weighted by Gasteiger charge is 2.26. The molecular weight excluding hydrogens is 569 g/mol. The summed E-state index contributed by atoms with van der Waals surface area (Å²) in [4.78, 5) is 51.2. The second kappa shape index (κ2) is 14.9. The Labute approximate surface area is 231 Å². The first kappa shape index (κ1) is 30.5. The number of pyridine rings is 1. The van der Waals surface area contributed by atoms with Gasteiger partial charge in [0.25, 0.3) is 5.91 Å². The maximum Gasteiger partial charge on any atom is 0.408 e. The molecule has 206 valence electrons. The van der Waals surface area contributed by atoms with Crippen molar-refractivity contribution in [3.05, 3.63) is 53.9 Å². The summed E-state index contributed by atoms with van der Waals surface area (Å²) >= 11 is 16.4. The number of rotatable bonds is 12. The molecule has 0 spiro atoms. The molecule has 13 nitrogen and oxygen atoms in total. The Morgan fingerprint density at radius 1 is 1.03 bits per heavy atom. The number of hydrogen-bond donors (Lipinski definition) is 6. The van der Waals surface area contributed by atoms with Crippen LogP contribution in [0.1, 0.15) is 15.9 Å². The quantitative estimate of drug-likeness (QED) is 0.158. The van der Waals surface area contributed by atoms with Gasteiger partial charge in [0.05, 0.1) is 12.1 Å². The predicted molar refractivity (Wildman–Crippen MR) is 137 cm³/mol. The molecule has 0 saturated heterocycles. The van der Waals surface area contributed by atoms with Crippen LogP contribution in [0.5, 0.6) is 11.5 Å². The second-order valence-electron chi connectivity index (χ2n) is 7.43. The SMILES string of the molecule is O=C(NCCOc1ccc(C(=O)NC[C@H](NC(=O)OCC(Cl)(Cl)Cl)C(=O)O)c(O)c1)NCc1ccncc1. The van der Waals surface area contributed by atoms with Crippen LogP contribution < -0.4 is 26.0 Å². The Morgan fingerprint density at radius 3 is 2.37 bits per heavy atom. The van der Waals surface area contributed by atoms with Gasteiger partial charge in [0, 0.05) is 31.5 Å². The molecule has 1 atom stereocenters. The predicted octanol–water partition coefficient (Wildman–Crippen LogP) is 1.94. The number of carbonyl (C=O) groups is 4. The van der Waals surface area contributed by atoms with Crippen molar-refractivity contribution in [1.29, 1.82) is 0 Å². The van der Waals surface area contributed by atoms with Gasteiger partial charge in [-0.2, -0.15) is 0 Å². The molecule has 16 heteroatoms. The van der Waals surface area contributed by atoms with Crippen LogP contribution in [0, 0.1) is 0 Å². The van der Waals surface area contributed by atoms with Crippen molar-refractivity contribution in [1.82, 2.24) is 26.3 Å². The number of urea groups is 1. The lowest BCUT2D eigenvalue weighted by Gasteiger charge is -2.17. The van der Waals surface area contributed by atoms with Crippen molar-refractivity contribution < 1.29 is 38.9 Å². The van der Waals surface area contributed by atoms with Crippen LogP contribution in [-0.2, 0) is 16.1 Å². The molecule has 0 radical (unpaired) electrons. The molecule has 4 amide bonds. The number of nitrogens with one attached hydrogen (secondary N) is 4. The summed E-state index contributed by atoms with van der Waals surface area (Å²) in [5.74, 6) is -2.50. The molecule has 0 bridgehead atoms. The van der Waals surface area contributed by atoms with Crippen molar-refractivity contribution in [2.45, 2.75) is 16.4 Å². The van der Waals surface area contributed by atoms with E-state index in [-0.39, 0.29) is 24.5 Å². The number of carbonyl (C=O) groups excluding carboxylic acids is 3. The molecule has 1 aromatic carbocycles. The van der Waals surface area contributed by atoms with Crippen molar-refractivity contribution in [3.8, 4) is 11.5 Å². The monoisotopic (exact) mass is 591 g/mol. The molecule has 0 unspecified atom stereocenters. The van der Waals surface area contributed by atoms with Crippen molar-refractivity contribution in [3.63, 3.8) is 0 Å². The number of carboxylic acids is 1. The molecule has 0 aliphatic carbocycles. The van der Waals surface area contributed by atoms with Crippen molar-refractivity contribution in [2.24, 2.45) is 0 Å². The van der Waals surface area contributed by atoms with Crippen LogP contribution in [-0.4, -0.2) is 75.3 Å². The molecule has 0 fully saturated rings. The van der Waals surface area contributed by atoms with E-state index in [1.807, 2.05) is 5.32 Å². The zero-order chi connectivity index (χ0) is 28.1. The summed E-state index contributed by atoms with van der Waals surface area (Å²) < 4.78 is 8.15. The number of carboxylic acid groups (broad SMARTS) is 1. The minimum Gasteiger partial charge on any atom is -0.507 e. The molecule has 0 saturated carbocycles. The third-order valence-electron chi connectivity index (χ3n) is 4.50. The van der Waals surface area contributed by atoms with Crippen LogP contribution in [0.2, 0.25) is 0 Å². The highest BCUT2D eigenvalue weighted by molar-refractivity contribution is 6.67. The molecule has 6 N–H and O–H groups in total. The number of aromatic nitrogens is 1. The Bertz CT molecular complexity index is 1120. The molecule has 38 heavy (non-hydrogen) atoms. The zero-order valence-corrected chi connectivity index (χ0v) is 21.8. The van der Waals surface area contributed by atoms with Gasteiger partial charge in [-0.05, 0) is 29.8 Å². The summed E-state index contributed by atoms with van der Waals surface area (Å²) in [6.07, 6.45) is 2.06. The molecule has 0 aliphatic heterocycles. The molecule has 2 aromatic rings. The van der Waals surface area contributed by atoms with Crippen molar-refractivity contribution >= 4 is 58.8 Å². The van der Waals surface area contributed by atoms with Crippen LogP contribution in [0.25, 0.3) is 0 Å². The first-order chi connectivity index (χ1) is 17.9. The molecule has 1 heterocycles. The lowest BCUT2D eigenvalue weighted by atomic mass is 10.1. The van der Waals surface area contributed by atoms with E-state index in [1.165, 1.54) is 18.2 Å². The molecular formula is C22H24Cl3N5O8. The molecule has 0 aliphatic rings. The van der Waals surface area contributed by atoms with E-state index in [0.29, 0.717) is 6.54 Å². The average molecular weight is 593 g/mol. The Balaban J connectivity index is 1.76. The number of aromatic hydroxyl groups is 1. The van der Waals surface area contributed by atoms with Gasteiger partial charge >= 0.3 is 18.1 Å². The molecule has 2 rings (SSSR count). The van der Waals surface area contributed by atoms with Gasteiger partial charge in [0.1, 0.15) is 30.8 Å². The number of ether oxygens (including phenoxy) is 2. The van der Waals surface area contributed by atoms with Gasteiger partial charge in [0.2, 0.25) is 3.79 Å². The summed E-state index contributed by atoms with van der Waals surface area (Å²) in [5, 5.41) is 29.0. The number of aliphatic carboxylic acids is 1. The average Bonchev–Trinajstić information content (AvgIpc) is 2.86. The van der Waals surface area contributed by atoms with Gasteiger partial charge in [-0.1, -0.05) is 34.8 Å². The van der Waals surface area contributed by atoms with Gasteiger partial charge < -0.3 is 41.0 Å². The number of phenols is 1. The number of amides is 4. The first-order valence-corrected chi connectivity index (χ1v) is 12.0. The fourth-order valence-electron chi connectivity index (χ4n) is 2.69. The van der Waals surface area contributed by atoms with E-state index in [2.05, 4.69) is 25.7 Å². The summed E-state index contributed by atoms with van der Waals surface area (Å²) in [6, 6.07) is 5.42. The van der Waals surface area contributed by atoms with Crippen LogP contribution in [0.4, 0.5) is 9.59 Å². The van der Waals surface area contributed by atoms with E-state index in [9.17, 15) is 29.4 Å². The summed E-state index contributed by atoms with van der Waals surface area (Å²) in [5.41, 5.74) is 0.717. The van der Waals surface area contributed by atoms with E-state index in [0.717, 1.165) is 5.56 Å². The van der Waals surface area contributed by atoms with Crippen molar-refractivity contribution in [2.75, 3.05) is 26.3 Å². The van der Waals surface area contributed by atoms with E-state index >= 15 is 0 Å². The highest BCUT2D eigenvalue weighted by atomic mass is 35.6. The maximum atomic E-state index is 12.4. The number of alkyl halides is 3. The number of nitrogens with zero attached hydrogens (tertiary/aromatic N) is 1. The maximum absolute atomic E-state index is 12.4. The fourth-order valence-corrected chi connectivity index (χ4v) is 2.86. The number of alkyl carbamates (subject to hydrolysis) is 1. The Hall–Kier alpha value is -3.68. The number of phenolic OH excluding ortho intramolecular Hbond substituents is 1. The lowest BCUT2D eigenvalue weighted by molar-refractivity contribution is -0.139. The second-order valence-corrected chi connectivity index (χ2v) is 9.94. The van der Waals surface area contributed by atoms with Crippen LogP contribution in [0.15, 0.2) is 42.7 Å². The first-order valence-electron chi connectivity index (χ1n) is 10.8. The van der Waals surface area contributed by atoms with Gasteiger partial charge in [-0.15, -0.1) is 0 Å². The van der Waals surface area contributed by atoms with Crippen LogP contribution >= 0.6 is 34.8 Å². The Kier molecular flexibility index (Phi) is 12.0. The van der Waals surface area contributed by atoms with Gasteiger partial charge in [-0.25, -0.2) is 14.4 Å². The smallest absolute Gasteiger partial charge is 0.408 e. The lowest BCUT2D eigenvalue weighted by Crippen LogP contribution is -2.48. The minimum absolute atomic E-state index is 0.0774. The Morgan fingerprint density at radius 2 is 1.74 bits per heavy atom. The van der Waals surface area contributed by atoms with E-state index < -0.39 is 52.7 Å². The summed E-state index contributed by atoms with van der Waals surface area (Å²) in [7, 11) is 0. The van der Waals surface area contributed by atoms with Gasteiger partial charge in [0.15, 0.2) is 0 Å². The normalized spacial score (nSPS) is 11.6. The van der Waals surface area contributed by atoms with E-state index in [4.69, 9.17) is 39.5 Å². The largest absolute Gasteiger partial charge is 0.507 e. The highest BCUT2D eigenvalue weighted by Crippen LogP contribution is 2.26. The zero-order valence-electron chi connectivity index (χ0n) is 19.6. The standard InChI is InChI=1S/C22H24Cl3N5O8/c23-22(24,25)12-38-21(36)30-16(19(33)34)11-28-18(32)15-2-1-14(9-17(15)31)37-8-7-27-20(35)29-10-13-3-5-26-6-4-13/h1-6,9,16,31H,7-8,10-12H2,(H,28,32)(H,30,36)(H,33,34)(H2,27,29,35)/t16-/m0/s1. The number of hydrogen-bond acceptors (Lipinski definition) is 8. The van der Waals surface area contributed by atoms with E-state index in [1.54, 1.807) is 24.5 Å². The third-order valence-corrected chi connectivity index (χ3v) is 4.82. The third kappa shape index (κ3) is 11.6. The number of halogens is 3.